The molecule has 4 aromatic heterocycles. The number of nitrogens with zero attached hydrogens (tertiary/aromatic N) is 4. The maximum atomic E-state index is 11.1. The Morgan fingerprint density at radius 2 is 1.11 bits per heavy atom. The van der Waals surface area contributed by atoms with Crippen LogP contribution in [0.1, 0.15) is 52.7 Å². The number of pyridine rings is 3. The first-order valence-corrected chi connectivity index (χ1v) is 21.3. The van der Waals surface area contributed by atoms with Crippen LogP contribution in [-0.2, 0) is 10.8 Å². The molecule has 0 amide bonds. The van der Waals surface area contributed by atoms with E-state index >= 15 is 0 Å². The topological polar surface area (TPSA) is 63.8 Å². The molecule has 1 N–H and O–H groups in total. The highest BCUT2D eigenvalue weighted by atomic mass is 16.3. The Bertz CT molecular complexity index is 3310. The van der Waals surface area contributed by atoms with Gasteiger partial charge in [-0.3, -0.25) is 9.97 Å². The lowest BCUT2D eigenvalue weighted by atomic mass is 9.79. The first-order valence-electron chi connectivity index (χ1n) is 21.3. The van der Waals surface area contributed by atoms with Crippen LogP contribution in [0, 0.1) is 0 Å². The van der Waals surface area contributed by atoms with Crippen LogP contribution in [0.25, 0.3) is 94.4 Å². The number of para-hydroxylation sites is 3. The monoisotopic (exact) mass is 804 g/mol. The number of hydrogen-bond acceptors (Lipinski definition) is 4. The van der Waals surface area contributed by atoms with Gasteiger partial charge < -0.3 is 9.67 Å². The van der Waals surface area contributed by atoms with Crippen molar-refractivity contribution in [3.05, 3.63) is 187 Å². The van der Waals surface area contributed by atoms with Gasteiger partial charge in [0, 0.05) is 56.5 Å². The van der Waals surface area contributed by atoms with E-state index in [0.29, 0.717) is 11.3 Å². The molecule has 0 unspecified atom stereocenters. The quantitative estimate of drug-likeness (QED) is 0.182. The number of hydrogen-bond donors (Lipinski definition) is 1. The minimum Gasteiger partial charge on any atom is -0.507 e. The fourth-order valence-corrected chi connectivity index (χ4v) is 8.64. The molecule has 0 saturated carbocycles. The van der Waals surface area contributed by atoms with Crippen molar-refractivity contribution in [3.8, 4) is 67.5 Å². The van der Waals surface area contributed by atoms with E-state index in [2.05, 4.69) is 180 Å². The summed E-state index contributed by atoms with van der Waals surface area (Å²) in [6.07, 6.45) is 3.76. The van der Waals surface area contributed by atoms with Crippen LogP contribution in [-0.4, -0.2) is 24.6 Å². The zero-order valence-corrected chi connectivity index (χ0v) is 36.0. The molecule has 4 heterocycles. The van der Waals surface area contributed by atoms with Crippen LogP contribution in [0.5, 0.6) is 5.75 Å². The molecule has 5 nitrogen and oxygen atoms in total. The molecule has 6 aromatic carbocycles. The molecule has 0 spiro atoms. The third-order valence-electron chi connectivity index (χ3n) is 12.1. The highest BCUT2D eigenvalue weighted by molar-refractivity contribution is 6.14. The highest BCUT2D eigenvalue weighted by Gasteiger charge is 2.23. The average molecular weight is 805 g/mol. The van der Waals surface area contributed by atoms with Crippen LogP contribution in [0.15, 0.2) is 176 Å². The molecule has 0 atom stereocenters. The number of fused-ring (bicyclic) bond motifs is 4. The van der Waals surface area contributed by atoms with Gasteiger partial charge in [-0.2, -0.15) is 0 Å². The summed E-state index contributed by atoms with van der Waals surface area (Å²) in [6.45, 7) is 13.6. The van der Waals surface area contributed by atoms with Crippen molar-refractivity contribution in [3.63, 3.8) is 0 Å². The van der Waals surface area contributed by atoms with E-state index in [4.69, 9.17) is 15.0 Å². The SMILES string of the molecule is CC(C)(C)c1cc(-c2cc(-c3cccc(-c4cc(-c5cccc6c7ccccc7n(-c7ccc8cccnc8c7)c56)ccn4)c3)nc(-c3ccccc3O)c2)cc(C(C)(C)C)c1. The second-order valence-corrected chi connectivity index (χ2v) is 18.4. The molecular weight excluding hydrogens is 757 g/mol. The average Bonchev–Trinajstić information content (AvgIpc) is 3.63. The number of aromatic hydroxyl groups is 1. The molecule has 0 radical (unpaired) electrons. The van der Waals surface area contributed by atoms with Crippen molar-refractivity contribution in [1.82, 2.24) is 19.5 Å². The molecule has 0 aliphatic rings. The molecule has 302 valence electrons. The van der Waals surface area contributed by atoms with Gasteiger partial charge in [-0.15, -0.1) is 0 Å². The zero-order valence-electron chi connectivity index (χ0n) is 36.0. The summed E-state index contributed by atoms with van der Waals surface area (Å²) >= 11 is 0. The molecule has 0 bridgehead atoms. The van der Waals surface area contributed by atoms with E-state index in [0.717, 1.165) is 72.4 Å². The van der Waals surface area contributed by atoms with Gasteiger partial charge in [0.25, 0.3) is 0 Å². The lowest BCUT2D eigenvalue weighted by Crippen LogP contribution is -2.16. The Morgan fingerprint density at radius 1 is 0.452 bits per heavy atom. The zero-order chi connectivity index (χ0) is 42.8. The minimum atomic E-state index is -0.0434. The van der Waals surface area contributed by atoms with Crippen LogP contribution in [0.4, 0.5) is 0 Å². The van der Waals surface area contributed by atoms with Crippen LogP contribution in [0.2, 0.25) is 0 Å². The summed E-state index contributed by atoms with van der Waals surface area (Å²) in [4.78, 5) is 14.9. The maximum Gasteiger partial charge on any atom is 0.124 e. The van der Waals surface area contributed by atoms with Crippen molar-refractivity contribution in [2.24, 2.45) is 0 Å². The van der Waals surface area contributed by atoms with E-state index in [1.54, 1.807) is 6.07 Å². The van der Waals surface area contributed by atoms with E-state index in [1.807, 2.05) is 36.7 Å². The van der Waals surface area contributed by atoms with E-state index in [-0.39, 0.29) is 16.6 Å². The third-order valence-corrected chi connectivity index (χ3v) is 12.1. The minimum absolute atomic E-state index is 0.0434. The van der Waals surface area contributed by atoms with Gasteiger partial charge in [-0.25, -0.2) is 4.98 Å². The molecule has 0 fully saturated rings. The van der Waals surface area contributed by atoms with Crippen molar-refractivity contribution in [2.75, 3.05) is 0 Å². The van der Waals surface area contributed by atoms with E-state index in [9.17, 15) is 5.11 Å². The number of phenols is 1. The van der Waals surface area contributed by atoms with Crippen molar-refractivity contribution in [1.29, 1.82) is 0 Å². The predicted molar refractivity (Wildman–Crippen MR) is 258 cm³/mol. The van der Waals surface area contributed by atoms with Crippen LogP contribution >= 0.6 is 0 Å². The normalized spacial score (nSPS) is 12.1. The standard InChI is InChI=1S/C57H48N4O/c1-56(2,3)42-29-40(30-43(34-42)57(4,5)6)41-32-51(60-52(33-41)48-18-8-10-22-54(48)62)39-15-11-14-38(28-39)49-31-37(25-27-59-49)45-19-12-20-47-46-17-7-9-21-53(46)61(55(45)47)44-24-23-36-16-13-26-58-50(36)35-44/h7-35,62H,1-6H3. The summed E-state index contributed by atoms with van der Waals surface area (Å²) in [7, 11) is 0. The number of rotatable bonds is 6. The number of phenolic OH excluding ortho intramolecular Hbond substituents is 1. The number of aromatic nitrogens is 4. The van der Waals surface area contributed by atoms with Gasteiger partial charge in [-0.1, -0.05) is 139 Å². The van der Waals surface area contributed by atoms with Crippen LogP contribution < -0.4 is 0 Å². The van der Waals surface area contributed by atoms with Gasteiger partial charge in [0.05, 0.1) is 33.6 Å². The predicted octanol–water partition coefficient (Wildman–Crippen LogP) is 14.8. The molecule has 10 rings (SSSR count). The summed E-state index contributed by atoms with van der Waals surface area (Å²) in [5.41, 5.74) is 16.2. The Morgan fingerprint density at radius 3 is 1.90 bits per heavy atom. The maximum absolute atomic E-state index is 11.1. The van der Waals surface area contributed by atoms with Gasteiger partial charge in [-0.05, 0) is 105 Å². The van der Waals surface area contributed by atoms with E-state index < -0.39 is 0 Å². The molecule has 0 aliphatic carbocycles. The molecule has 62 heavy (non-hydrogen) atoms. The first kappa shape index (κ1) is 38.8. The summed E-state index contributed by atoms with van der Waals surface area (Å²) < 4.78 is 2.37. The lowest BCUT2D eigenvalue weighted by molar-refractivity contribution is 0.477. The summed E-state index contributed by atoms with van der Waals surface area (Å²) in [5.74, 6) is 0.197. The van der Waals surface area contributed by atoms with Crippen LogP contribution in [0.3, 0.4) is 0 Å². The van der Waals surface area contributed by atoms with Gasteiger partial charge in [0.1, 0.15) is 5.75 Å². The van der Waals surface area contributed by atoms with Crippen molar-refractivity contribution < 1.29 is 5.11 Å². The fourth-order valence-electron chi connectivity index (χ4n) is 8.64. The Labute approximate surface area is 363 Å². The first-order chi connectivity index (χ1) is 29.9. The van der Waals surface area contributed by atoms with Gasteiger partial charge in [0.15, 0.2) is 0 Å². The second-order valence-electron chi connectivity index (χ2n) is 18.4. The van der Waals surface area contributed by atoms with Gasteiger partial charge >= 0.3 is 0 Å². The molecular formula is C57H48N4O. The fraction of sp³-hybridized carbons (Fsp3) is 0.140. The number of benzene rings is 6. The molecule has 0 saturated heterocycles. The largest absolute Gasteiger partial charge is 0.507 e. The van der Waals surface area contributed by atoms with Crippen molar-refractivity contribution >= 4 is 32.7 Å². The van der Waals surface area contributed by atoms with Gasteiger partial charge in [0.2, 0.25) is 0 Å². The Hall–Kier alpha value is -7.37. The molecule has 5 heteroatoms. The van der Waals surface area contributed by atoms with E-state index in [1.165, 1.54) is 21.9 Å². The summed E-state index contributed by atoms with van der Waals surface area (Å²) in [5, 5.41) is 14.6. The molecule has 0 aliphatic heterocycles. The Kier molecular flexibility index (Phi) is 9.37. The van der Waals surface area contributed by atoms with Crippen molar-refractivity contribution in [2.45, 2.75) is 52.4 Å². The molecule has 10 aromatic rings. The smallest absolute Gasteiger partial charge is 0.124 e. The lowest BCUT2D eigenvalue weighted by Gasteiger charge is -2.26. The second kappa shape index (κ2) is 15.0. The third kappa shape index (κ3) is 7.09. The highest BCUT2D eigenvalue weighted by Crippen LogP contribution is 2.41. The summed E-state index contributed by atoms with van der Waals surface area (Å²) in [6, 6.07) is 57.3. The Balaban J connectivity index is 1.11.